The molecule has 0 unspecified atom stereocenters. The number of ether oxygens (including phenoxy) is 1. The number of hydrogen-bond acceptors (Lipinski definition) is 3. The molecule has 0 saturated heterocycles. The first-order valence-electron chi connectivity index (χ1n) is 5.83. The van der Waals surface area contributed by atoms with Gasteiger partial charge in [-0.05, 0) is 30.2 Å². The number of rotatable bonds is 6. The highest BCUT2D eigenvalue weighted by Gasteiger charge is 2.12. The number of aliphatic hydroxyl groups is 1. The molecule has 0 aliphatic heterocycles. The van der Waals surface area contributed by atoms with Crippen molar-refractivity contribution >= 4 is 21.8 Å². The lowest BCUT2D eigenvalue weighted by molar-refractivity contribution is -0.121. The Hall–Kier alpha value is -1.07. The molecule has 0 aromatic heterocycles. The Labute approximate surface area is 115 Å². The third-order valence-electron chi connectivity index (χ3n) is 2.68. The van der Waals surface area contributed by atoms with Crippen LogP contribution < -0.4 is 10.1 Å². The van der Waals surface area contributed by atoms with Crippen molar-refractivity contribution in [2.75, 3.05) is 13.7 Å². The minimum absolute atomic E-state index is 0.0402. The molecule has 1 aromatic carbocycles. The minimum atomic E-state index is -0.179. The van der Waals surface area contributed by atoms with Crippen molar-refractivity contribution in [1.82, 2.24) is 5.32 Å². The lowest BCUT2D eigenvalue weighted by atomic mass is 10.1. The molecule has 2 N–H and O–H groups in total. The first kappa shape index (κ1) is 15.0. The Morgan fingerprint density at radius 3 is 2.83 bits per heavy atom. The predicted octanol–water partition coefficient (Wildman–Crippen LogP) is 1.89. The van der Waals surface area contributed by atoms with Crippen LogP contribution in [0.3, 0.4) is 0 Å². The Kier molecular flexibility index (Phi) is 6.15. The first-order chi connectivity index (χ1) is 8.60. The third-order valence-corrected chi connectivity index (χ3v) is 3.46. The van der Waals surface area contributed by atoms with E-state index in [1.54, 1.807) is 7.11 Å². The highest BCUT2D eigenvalue weighted by atomic mass is 79.9. The summed E-state index contributed by atoms with van der Waals surface area (Å²) in [4.78, 5) is 11.8. The molecule has 0 aliphatic rings. The van der Waals surface area contributed by atoms with Crippen LogP contribution in [-0.2, 0) is 11.2 Å². The van der Waals surface area contributed by atoms with Gasteiger partial charge in [0.05, 0.1) is 26.2 Å². The van der Waals surface area contributed by atoms with E-state index in [0.29, 0.717) is 6.42 Å². The van der Waals surface area contributed by atoms with Gasteiger partial charge in [0.1, 0.15) is 5.75 Å². The zero-order valence-corrected chi connectivity index (χ0v) is 12.2. The molecular formula is C13H18BrNO3. The average Bonchev–Trinajstić information content (AvgIpc) is 2.38. The summed E-state index contributed by atoms with van der Waals surface area (Å²) in [6.45, 7) is 1.88. The molecule has 0 radical (unpaired) electrons. The lowest BCUT2D eigenvalue weighted by Crippen LogP contribution is -2.37. The first-order valence-corrected chi connectivity index (χ1v) is 6.62. The van der Waals surface area contributed by atoms with E-state index in [1.165, 1.54) is 0 Å². The van der Waals surface area contributed by atoms with E-state index in [2.05, 4.69) is 21.2 Å². The van der Waals surface area contributed by atoms with E-state index in [1.807, 2.05) is 25.1 Å². The molecular weight excluding hydrogens is 298 g/mol. The smallest absolute Gasteiger partial charge is 0.224 e. The molecule has 0 bridgehead atoms. The van der Waals surface area contributed by atoms with Gasteiger partial charge in [-0.3, -0.25) is 4.79 Å². The van der Waals surface area contributed by atoms with Crippen molar-refractivity contribution < 1.29 is 14.6 Å². The van der Waals surface area contributed by atoms with E-state index < -0.39 is 0 Å². The number of amides is 1. The number of methoxy groups -OCH3 is 1. The zero-order valence-electron chi connectivity index (χ0n) is 10.6. The van der Waals surface area contributed by atoms with Gasteiger partial charge in [0.2, 0.25) is 5.91 Å². The summed E-state index contributed by atoms with van der Waals surface area (Å²) in [6.07, 6.45) is 0.968. The van der Waals surface area contributed by atoms with Crippen molar-refractivity contribution in [3.63, 3.8) is 0 Å². The summed E-state index contributed by atoms with van der Waals surface area (Å²) in [7, 11) is 1.59. The normalized spacial score (nSPS) is 12.0. The molecule has 18 heavy (non-hydrogen) atoms. The fraction of sp³-hybridized carbons (Fsp3) is 0.462. The second kappa shape index (κ2) is 7.38. The van der Waals surface area contributed by atoms with Crippen LogP contribution in [0.25, 0.3) is 0 Å². The number of carbonyl (C=O) groups excluding carboxylic acids is 1. The van der Waals surface area contributed by atoms with Crippen LogP contribution in [0.15, 0.2) is 22.7 Å². The predicted molar refractivity (Wildman–Crippen MR) is 73.7 cm³/mol. The zero-order chi connectivity index (χ0) is 13.5. The Morgan fingerprint density at radius 2 is 2.28 bits per heavy atom. The molecule has 5 heteroatoms. The van der Waals surface area contributed by atoms with Gasteiger partial charge >= 0.3 is 0 Å². The average molecular weight is 316 g/mol. The van der Waals surface area contributed by atoms with Crippen LogP contribution in [0.1, 0.15) is 18.9 Å². The molecule has 4 nitrogen and oxygen atoms in total. The van der Waals surface area contributed by atoms with Crippen LogP contribution in [0.2, 0.25) is 0 Å². The standard InChI is InChI=1S/C13H18BrNO3/c1-3-10(8-16)15-13(17)7-9-6-11(18-2)4-5-12(9)14/h4-6,10,16H,3,7-8H2,1-2H3,(H,15,17)/t10-/m1/s1. The van der Waals surface area contributed by atoms with Crippen molar-refractivity contribution in [1.29, 1.82) is 0 Å². The monoisotopic (exact) mass is 315 g/mol. The van der Waals surface area contributed by atoms with E-state index in [-0.39, 0.29) is 25.0 Å². The number of hydrogen-bond donors (Lipinski definition) is 2. The van der Waals surface area contributed by atoms with Gasteiger partial charge < -0.3 is 15.2 Å². The van der Waals surface area contributed by atoms with Crippen LogP contribution >= 0.6 is 15.9 Å². The van der Waals surface area contributed by atoms with E-state index in [4.69, 9.17) is 9.84 Å². The van der Waals surface area contributed by atoms with Gasteiger partial charge in [0.15, 0.2) is 0 Å². The Balaban J connectivity index is 2.69. The Bertz CT molecular complexity index is 405. The summed E-state index contributed by atoms with van der Waals surface area (Å²) in [6, 6.07) is 5.32. The number of halogens is 1. The van der Waals surface area contributed by atoms with E-state index in [0.717, 1.165) is 15.8 Å². The van der Waals surface area contributed by atoms with Gasteiger partial charge in [-0.2, -0.15) is 0 Å². The van der Waals surface area contributed by atoms with Crippen LogP contribution in [0, 0.1) is 0 Å². The molecule has 1 rings (SSSR count). The number of benzene rings is 1. The summed E-state index contributed by atoms with van der Waals surface area (Å²) in [5, 5.41) is 11.8. The fourth-order valence-electron chi connectivity index (χ4n) is 1.54. The van der Waals surface area contributed by atoms with Crippen LogP contribution in [0.4, 0.5) is 0 Å². The number of carbonyl (C=O) groups is 1. The molecule has 100 valence electrons. The highest BCUT2D eigenvalue weighted by molar-refractivity contribution is 9.10. The second-order valence-corrected chi connectivity index (χ2v) is 4.84. The van der Waals surface area contributed by atoms with Crippen molar-refractivity contribution in [3.05, 3.63) is 28.2 Å². The Morgan fingerprint density at radius 1 is 1.56 bits per heavy atom. The van der Waals surface area contributed by atoms with Gasteiger partial charge in [-0.15, -0.1) is 0 Å². The summed E-state index contributed by atoms with van der Waals surface area (Å²) in [5.74, 6) is 0.611. The summed E-state index contributed by atoms with van der Waals surface area (Å²) < 4.78 is 5.99. The molecule has 0 saturated carbocycles. The number of aliphatic hydroxyl groups excluding tert-OH is 1. The van der Waals surface area contributed by atoms with Gasteiger partial charge in [-0.1, -0.05) is 22.9 Å². The molecule has 0 fully saturated rings. The maximum absolute atomic E-state index is 11.8. The summed E-state index contributed by atoms with van der Waals surface area (Å²) >= 11 is 3.40. The second-order valence-electron chi connectivity index (χ2n) is 3.99. The summed E-state index contributed by atoms with van der Waals surface area (Å²) in [5.41, 5.74) is 0.861. The van der Waals surface area contributed by atoms with Gasteiger partial charge in [0, 0.05) is 4.47 Å². The third kappa shape index (κ3) is 4.31. The molecule has 1 amide bonds. The van der Waals surface area contributed by atoms with E-state index >= 15 is 0 Å². The minimum Gasteiger partial charge on any atom is -0.497 e. The SMILES string of the molecule is CC[C@H](CO)NC(=O)Cc1cc(OC)ccc1Br. The maximum Gasteiger partial charge on any atom is 0.224 e. The molecule has 0 aliphatic carbocycles. The molecule has 1 atom stereocenters. The van der Waals surface area contributed by atoms with E-state index in [9.17, 15) is 4.79 Å². The lowest BCUT2D eigenvalue weighted by Gasteiger charge is -2.14. The van der Waals surface area contributed by atoms with Crippen LogP contribution in [0.5, 0.6) is 5.75 Å². The van der Waals surface area contributed by atoms with Crippen LogP contribution in [-0.4, -0.2) is 30.8 Å². The topological polar surface area (TPSA) is 58.6 Å². The van der Waals surface area contributed by atoms with Gasteiger partial charge in [0.25, 0.3) is 0 Å². The van der Waals surface area contributed by atoms with Crippen molar-refractivity contribution in [2.45, 2.75) is 25.8 Å². The van der Waals surface area contributed by atoms with Crippen molar-refractivity contribution in [2.24, 2.45) is 0 Å². The molecule has 0 heterocycles. The highest BCUT2D eigenvalue weighted by Crippen LogP contribution is 2.22. The van der Waals surface area contributed by atoms with Crippen molar-refractivity contribution in [3.8, 4) is 5.75 Å². The maximum atomic E-state index is 11.8. The fourth-order valence-corrected chi connectivity index (χ4v) is 1.93. The largest absolute Gasteiger partial charge is 0.497 e. The van der Waals surface area contributed by atoms with Gasteiger partial charge in [-0.25, -0.2) is 0 Å². The molecule has 0 spiro atoms. The quantitative estimate of drug-likeness (QED) is 0.842. The molecule has 1 aromatic rings. The number of nitrogens with one attached hydrogen (secondary N) is 1.